The Labute approximate surface area is 91.8 Å². The fourth-order valence-corrected chi connectivity index (χ4v) is 2.49. The maximum Gasteiger partial charge on any atom is 0.234 e. The van der Waals surface area contributed by atoms with Gasteiger partial charge in [-0.3, -0.25) is 4.79 Å². The molecule has 1 N–H and O–H groups in total. The summed E-state index contributed by atoms with van der Waals surface area (Å²) in [6, 6.07) is -0.376. The minimum absolute atomic E-state index is 0.0256. The van der Waals surface area contributed by atoms with E-state index in [1.54, 1.807) is 0 Å². The molecule has 1 heterocycles. The van der Waals surface area contributed by atoms with Gasteiger partial charge >= 0.3 is 0 Å². The van der Waals surface area contributed by atoms with Crippen molar-refractivity contribution < 1.29 is 13.2 Å². The number of hydrogen-bond donors (Lipinski definition) is 1. The van der Waals surface area contributed by atoms with Gasteiger partial charge in [-0.15, -0.1) is 0 Å². The van der Waals surface area contributed by atoms with Gasteiger partial charge in [0.2, 0.25) is 5.91 Å². The molecule has 0 saturated carbocycles. The van der Waals surface area contributed by atoms with Gasteiger partial charge in [0.25, 0.3) is 0 Å². The Balaban J connectivity index is 2.49. The SMILES string of the molecule is CCC(Br)C(=O)NC1C=CS(=O)(=O)C1. The molecule has 14 heavy (non-hydrogen) atoms. The molecule has 1 aliphatic rings. The number of alkyl halides is 1. The molecule has 0 aliphatic carbocycles. The summed E-state index contributed by atoms with van der Waals surface area (Å²) in [6.45, 7) is 1.88. The average Bonchev–Trinajstić information content (AvgIpc) is 2.44. The fraction of sp³-hybridized carbons (Fsp3) is 0.625. The van der Waals surface area contributed by atoms with Gasteiger partial charge in [0.15, 0.2) is 9.84 Å². The quantitative estimate of drug-likeness (QED) is 0.770. The summed E-state index contributed by atoms with van der Waals surface area (Å²) in [4.78, 5) is 11.1. The topological polar surface area (TPSA) is 63.2 Å². The summed E-state index contributed by atoms with van der Waals surface area (Å²) in [5.41, 5.74) is 0. The maximum atomic E-state index is 11.4. The Morgan fingerprint density at radius 3 is 2.79 bits per heavy atom. The van der Waals surface area contributed by atoms with Gasteiger partial charge in [-0.05, 0) is 12.5 Å². The minimum atomic E-state index is -3.08. The average molecular weight is 282 g/mol. The Hall–Kier alpha value is -0.360. The first-order chi connectivity index (χ1) is 6.44. The van der Waals surface area contributed by atoms with E-state index in [4.69, 9.17) is 0 Å². The zero-order valence-corrected chi connectivity index (χ0v) is 10.1. The highest BCUT2D eigenvalue weighted by Gasteiger charge is 2.24. The van der Waals surface area contributed by atoms with Crippen LogP contribution in [0.25, 0.3) is 0 Å². The highest BCUT2D eigenvalue weighted by molar-refractivity contribution is 9.10. The van der Waals surface area contributed by atoms with E-state index in [-0.39, 0.29) is 22.5 Å². The highest BCUT2D eigenvalue weighted by atomic mass is 79.9. The van der Waals surface area contributed by atoms with Crippen molar-refractivity contribution >= 4 is 31.7 Å². The molecule has 0 saturated heterocycles. The zero-order chi connectivity index (χ0) is 10.8. The van der Waals surface area contributed by atoms with Crippen molar-refractivity contribution in [3.8, 4) is 0 Å². The Bertz CT molecular complexity index is 350. The van der Waals surface area contributed by atoms with Crippen LogP contribution in [-0.4, -0.2) is 30.9 Å². The lowest BCUT2D eigenvalue weighted by Gasteiger charge is -2.12. The van der Waals surface area contributed by atoms with Gasteiger partial charge in [0.1, 0.15) is 0 Å². The van der Waals surface area contributed by atoms with Gasteiger partial charge in [-0.25, -0.2) is 8.42 Å². The predicted octanol–water partition coefficient (Wildman–Crippen LogP) is 0.587. The Kier molecular flexibility index (Phi) is 3.71. The number of amides is 1. The van der Waals surface area contributed by atoms with Crippen molar-refractivity contribution in [1.82, 2.24) is 5.32 Å². The third kappa shape index (κ3) is 3.09. The van der Waals surface area contributed by atoms with Crippen LogP contribution < -0.4 is 5.32 Å². The number of hydrogen-bond acceptors (Lipinski definition) is 3. The molecule has 0 aromatic carbocycles. The van der Waals surface area contributed by atoms with Gasteiger partial charge in [-0.1, -0.05) is 22.9 Å². The van der Waals surface area contributed by atoms with E-state index >= 15 is 0 Å². The third-order valence-electron chi connectivity index (χ3n) is 1.90. The molecule has 0 radical (unpaired) electrons. The van der Waals surface area contributed by atoms with Crippen LogP contribution in [0.1, 0.15) is 13.3 Å². The molecule has 2 unspecified atom stereocenters. The lowest BCUT2D eigenvalue weighted by Crippen LogP contribution is -2.39. The lowest BCUT2D eigenvalue weighted by molar-refractivity contribution is -0.120. The minimum Gasteiger partial charge on any atom is -0.348 e. The smallest absolute Gasteiger partial charge is 0.234 e. The largest absolute Gasteiger partial charge is 0.348 e. The van der Waals surface area contributed by atoms with Crippen molar-refractivity contribution in [2.24, 2.45) is 0 Å². The standard InChI is InChI=1S/C8H12BrNO3S/c1-2-7(9)8(11)10-6-3-4-14(12,13)5-6/h3-4,6-7H,2,5H2,1H3,(H,10,11). The molecule has 4 nitrogen and oxygen atoms in total. The molecule has 0 aromatic heterocycles. The normalized spacial score (nSPS) is 26.0. The summed E-state index contributed by atoms with van der Waals surface area (Å²) >= 11 is 3.19. The molecule has 0 aromatic rings. The fourth-order valence-electron chi connectivity index (χ4n) is 1.12. The van der Waals surface area contributed by atoms with Gasteiger partial charge in [-0.2, -0.15) is 0 Å². The van der Waals surface area contributed by atoms with Crippen LogP contribution in [0.15, 0.2) is 11.5 Å². The second-order valence-corrected chi connectivity index (χ2v) is 6.19. The molecule has 1 rings (SSSR count). The van der Waals surface area contributed by atoms with Gasteiger partial charge in [0.05, 0.1) is 16.6 Å². The maximum absolute atomic E-state index is 11.4. The van der Waals surface area contributed by atoms with E-state index < -0.39 is 9.84 Å². The van der Waals surface area contributed by atoms with Crippen LogP contribution >= 0.6 is 15.9 Å². The van der Waals surface area contributed by atoms with E-state index in [1.807, 2.05) is 6.92 Å². The van der Waals surface area contributed by atoms with Crippen molar-refractivity contribution in [2.45, 2.75) is 24.2 Å². The first-order valence-electron chi connectivity index (χ1n) is 4.30. The van der Waals surface area contributed by atoms with Gasteiger partial charge in [0, 0.05) is 5.41 Å². The van der Waals surface area contributed by atoms with E-state index in [2.05, 4.69) is 21.2 Å². The summed E-state index contributed by atoms with van der Waals surface area (Å²) in [5.74, 6) is -0.193. The molecular weight excluding hydrogens is 270 g/mol. The summed E-state index contributed by atoms with van der Waals surface area (Å²) in [7, 11) is -3.08. The van der Waals surface area contributed by atoms with E-state index in [1.165, 1.54) is 6.08 Å². The molecule has 2 atom stereocenters. The first-order valence-corrected chi connectivity index (χ1v) is 6.93. The zero-order valence-electron chi connectivity index (χ0n) is 7.73. The molecule has 6 heteroatoms. The Morgan fingerprint density at radius 1 is 1.71 bits per heavy atom. The monoisotopic (exact) mass is 281 g/mol. The molecule has 1 amide bonds. The van der Waals surface area contributed by atoms with Crippen molar-refractivity contribution in [3.05, 3.63) is 11.5 Å². The van der Waals surface area contributed by atoms with Crippen molar-refractivity contribution in [1.29, 1.82) is 0 Å². The van der Waals surface area contributed by atoms with Crippen molar-refractivity contribution in [2.75, 3.05) is 5.75 Å². The number of nitrogens with one attached hydrogen (secondary N) is 1. The third-order valence-corrected chi connectivity index (χ3v) is 4.36. The van der Waals surface area contributed by atoms with Crippen LogP contribution in [0.2, 0.25) is 0 Å². The second kappa shape index (κ2) is 4.44. The molecule has 0 bridgehead atoms. The highest BCUT2D eigenvalue weighted by Crippen LogP contribution is 2.10. The molecular formula is C8H12BrNO3S. The van der Waals surface area contributed by atoms with Crippen LogP contribution in [0, 0.1) is 0 Å². The second-order valence-electron chi connectivity index (χ2n) is 3.15. The van der Waals surface area contributed by atoms with Crippen LogP contribution in [0.3, 0.4) is 0 Å². The number of sulfone groups is 1. The number of halogens is 1. The molecule has 80 valence electrons. The number of carbonyl (C=O) groups excluding carboxylic acids is 1. The number of rotatable bonds is 3. The van der Waals surface area contributed by atoms with Crippen LogP contribution in [0.5, 0.6) is 0 Å². The summed E-state index contributed by atoms with van der Waals surface area (Å²) < 4.78 is 22.0. The van der Waals surface area contributed by atoms with Crippen LogP contribution in [0.4, 0.5) is 0 Å². The molecule has 1 aliphatic heterocycles. The summed E-state index contributed by atoms with van der Waals surface area (Å²) in [6.07, 6.45) is 2.18. The van der Waals surface area contributed by atoms with Crippen LogP contribution in [-0.2, 0) is 14.6 Å². The van der Waals surface area contributed by atoms with E-state index in [0.29, 0.717) is 6.42 Å². The van der Waals surface area contributed by atoms with E-state index in [0.717, 1.165) is 5.41 Å². The first kappa shape index (κ1) is 11.7. The molecule has 0 spiro atoms. The van der Waals surface area contributed by atoms with Crippen molar-refractivity contribution in [3.63, 3.8) is 0 Å². The number of carbonyl (C=O) groups is 1. The lowest BCUT2D eigenvalue weighted by atomic mass is 10.3. The summed E-state index contributed by atoms with van der Waals surface area (Å²) in [5, 5.41) is 3.78. The Morgan fingerprint density at radius 2 is 2.36 bits per heavy atom. The predicted molar refractivity (Wildman–Crippen MR) is 57.9 cm³/mol. The molecule has 0 fully saturated rings. The van der Waals surface area contributed by atoms with E-state index in [9.17, 15) is 13.2 Å². The van der Waals surface area contributed by atoms with Gasteiger partial charge < -0.3 is 5.32 Å².